The number of methoxy groups -OCH3 is 1. The van der Waals surface area contributed by atoms with Crippen LogP contribution in [0.4, 0.5) is 5.69 Å². The standard InChI is InChI=1S/C20H26ClN3O2.2ClH/c1-14(24(2)13-15-7-5-4-6-8-15)9-10-23-20(25)16-11-17(21)18(22)12-19(16)26-3;;/h4-8,11-12,14H,9-10,13,22H2,1-3H3,(H,23,25);2*1H. The molecule has 0 saturated heterocycles. The molecule has 3 N–H and O–H groups in total. The third-order valence-electron chi connectivity index (χ3n) is 4.44. The number of carbonyl (C=O) groups is 1. The zero-order valence-electron chi connectivity index (χ0n) is 16.3. The summed E-state index contributed by atoms with van der Waals surface area (Å²) in [6, 6.07) is 13.7. The van der Waals surface area contributed by atoms with Crippen molar-refractivity contribution in [1.29, 1.82) is 0 Å². The maximum atomic E-state index is 12.4. The zero-order valence-corrected chi connectivity index (χ0v) is 18.7. The molecule has 28 heavy (non-hydrogen) atoms. The third-order valence-corrected chi connectivity index (χ3v) is 4.77. The summed E-state index contributed by atoms with van der Waals surface area (Å²) in [6.07, 6.45) is 0.833. The second kappa shape index (κ2) is 12.7. The third kappa shape index (κ3) is 7.40. The van der Waals surface area contributed by atoms with Crippen molar-refractivity contribution in [2.24, 2.45) is 0 Å². The summed E-state index contributed by atoms with van der Waals surface area (Å²) in [5.74, 6) is 0.195. The SMILES string of the molecule is COc1cc(N)c(Cl)cc1C(=O)NCCC(C)N(C)Cc1ccccc1.Cl.Cl. The lowest BCUT2D eigenvalue weighted by molar-refractivity contribution is 0.0946. The first kappa shape index (κ1) is 26.3. The van der Waals surface area contributed by atoms with Crippen molar-refractivity contribution in [2.75, 3.05) is 26.4 Å². The minimum Gasteiger partial charge on any atom is -0.496 e. The fraction of sp³-hybridized carbons (Fsp3) is 0.350. The van der Waals surface area contributed by atoms with Crippen LogP contribution in [0.5, 0.6) is 5.75 Å². The van der Waals surface area contributed by atoms with Gasteiger partial charge in [-0.3, -0.25) is 9.69 Å². The molecule has 0 aliphatic rings. The van der Waals surface area contributed by atoms with Crippen LogP contribution in [0.25, 0.3) is 0 Å². The monoisotopic (exact) mass is 447 g/mol. The number of carbonyl (C=O) groups excluding carboxylic acids is 1. The highest BCUT2D eigenvalue weighted by Crippen LogP contribution is 2.28. The van der Waals surface area contributed by atoms with Gasteiger partial charge in [-0.25, -0.2) is 0 Å². The molecule has 1 unspecified atom stereocenters. The van der Waals surface area contributed by atoms with E-state index in [0.717, 1.165) is 13.0 Å². The fourth-order valence-electron chi connectivity index (χ4n) is 2.65. The van der Waals surface area contributed by atoms with E-state index in [1.165, 1.54) is 18.7 Å². The fourth-order valence-corrected chi connectivity index (χ4v) is 2.82. The van der Waals surface area contributed by atoms with Gasteiger partial charge in [-0.1, -0.05) is 41.9 Å². The van der Waals surface area contributed by atoms with Crippen molar-refractivity contribution in [1.82, 2.24) is 10.2 Å². The first-order valence-corrected chi connectivity index (χ1v) is 8.95. The van der Waals surface area contributed by atoms with Gasteiger partial charge in [0, 0.05) is 25.2 Å². The largest absolute Gasteiger partial charge is 0.496 e. The van der Waals surface area contributed by atoms with Crippen molar-refractivity contribution < 1.29 is 9.53 Å². The topological polar surface area (TPSA) is 67.6 Å². The van der Waals surface area contributed by atoms with Crippen LogP contribution < -0.4 is 15.8 Å². The van der Waals surface area contributed by atoms with Gasteiger partial charge in [-0.05, 0) is 32.0 Å². The molecule has 0 spiro atoms. The summed E-state index contributed by atoms with van der Waals surface area (Å²) in [7, 11) is 3.59. The minimum atomic E-state index is -0.221. The molecule has 0 aromatic heterocycles. The highest BCUT2D eigenvalue weighted by atomic mass is 35.5. The highest BCUT2D eigenvalue weighted by Gasteiger charge is 2.16. The van der Waals surface area contributed by atoms with E-state index < -0.39 is 0 Å². The van der Waals surface area contributed by atoms with Gasteiger partial charge in [0.25, 0.3) is 5.91 Å². The number of ether oxygens (including phenoxy) is 1. The smallest absolute Gasteiger partial charge is 0.255 e. The number of nitrogens with two attached hydrogens (primary N) is 1. The van der Waals surface area contributed by atoms with Gasteiger partial charge in [-0.2, -0.15) is 0 Å². The van der Waals surface area contributed by atoms with Crippen LogP contribution >= 0.6 is 36.4 Å². The van der Waals surface area contributed by atoms with Gasteiger partial charge in [-0.15, -0.1) is 24.8 Å². The van der Waals surface area contributed by atoms with Crippen molar-refractivity contribution in [3.05, 3.63) is 58.6 Å². The van der Waals surface area contributed by atoms with Gasteiger partial charge in [0.2, 0.25) is 0 Å². The number of nitrogens with one attached hydrogen (secondary N) is 1. The van der Waals surface area contributed by atoms with Crippen LogP contribution in [0.3, 0.4) is 0 Å². The molecule has 0 radical (unpaired) electrons. The van der Waals surface area contributed by atoms with Crippen LogP contribution in [-0.4, -0.2) is 37.6 Å². The van der Waals surface area contributed by atoms with Gasteiger partial charge in [0.05, 0.1) is 23.4 Å². The van der Waals surface area contributed by atoms with Crippen LogP contribution in [0.1, 0.15) is 29.3 Å². The molecule has 2 aromatic rings. The highest BCUT2D eigenvalue weighted by molar-refractivity contribution is 6.33. The van der Waals surface area contributed by atoms with Crippen molar-refractivity contribution >= 4 is 48.0 Å². The van der Waals surface area contributed by atoms with E-state index in [4.69, 9.17) is 22.1 Å². The molecular formula is C20H28Cl3N3O2. The second-order valence-corrected chi connectivity index (χ2v) is 6.78. The van der Waals surface area contributed by atoms with E-state index in [1.54, 1.807) is 6.07 Å². The van der Waals surface area contributed by atoms with E-state index in [1.807, 2.05) is 18.2 Å². The number of nitrogen functional groups attached to an aromatic ring is 1. The summed E-state index contributed by atoms with van der Waals surface area (Å²) in [6.45, 7) is 3.58. The molecule has 156 valence electrons. The van der Waals surface area contributed by atoms with Crippen LogP contribution in [0.2, 0.25) is 5.02 Å². The van der Waals surface area contributed by atoms with E-state index >= 15 is 0 Å². The molecule has 0 aliphatic heterocycles. The minimum absolute atomic E-state index is 0. The van der Waals surface area contributed by atoms with Gasteiger partial charge in [0.15, 0.2) is 0 Å². The summed E-state index contributed by atoms with van der Waals surface area (Å²) in [5, 5.41) is 3.26. The predicted molar refractivity (Wildman–Crippen MR) is 121 cm³/mol. The predicted octanol–water partition coefficient (Wildman–Crippen LogP) is 4.41. The molecule has 2 aromatic carbocycles. The van der Waals surface area contributed by atoms with Crippen molar-refractivity contribution in [2.45, 2.75) is 25.9 Å². The van der Waals surface area contributed by atoms with Crippen molar-refractivity contribution in [3.63, 3.8) is 0 Å². The Morgan fingerprint density at radius 1 is 1.25 bits per heavy atom. The maximum absolute atomic E-state index is 12.4. The average molecular weight is 449 g/mol. The Morgan fingerprint density at radius 3 is 2.50 bits per heavy atom. The number of halogens is 3. The first-order chi connectivity index (χ1) is 12.4. The number of nitrogens with zero attached hydrogens (tertiary/aromatic N) is 1. The van der Waals surface area contributed by atoms with E-state index in [9.17, 15) is 4.79 Å². The van der Waals surface area contributed by atoms with Crippen LogP contribution in [-0.2, 0) is 6.54 Å². The molecule has 1 amide bonds. The molecule has 1 atom stereocenters. The Hall–Kier alpha value is -1.66. The molecule has 0 bridgehead atoms. The normalized spacial score (nSPS) is 11.2. The summed E-state index contributed by atoms with van der Waals surface area (Å²) >= 11 is 6.02. The zero-order chi connectivity index (χ0) is 19.1. The molecule has 0 fully saturated rings. The number of hydrogen-bond acceptors (Lipinski definition) is 4. The lowest BCUT2D eigenvalue weighted by Crippen LogP contribution is -2.33. The summed E-state index contributed by atoms with van der Waals surface area (Å²) in [5.41, 5.74) is 7.79. The Kier molecular flexibility index (Phi) is 12.0. The van der Waals surface area contributed by atoms with Gasteiger partial charge < -0.3 is 15.8 Å². The number of anilines is 1. The lowest BCUT2D eigenvalue weighted by atomic mass is 10.1. The first-order valence-electron chi connectivity index (χ1n) is 8.57. The van der Waals surface area contributed by atoms with Crippen molar-refractivity contribution in [3.8, 4) is 5.75 Å². The lowest BCUT2D eigenvalue weighted by Gasteiger charge is -2.25. The quantitative estimate of drug-likeness (QED) is 0.587. The Morgan fingerprint density at radius 2 is 1.89 bits per heavy atom. The average Bonchev–Trinajstić information content (AvgIpc) is 2.64. The molecule has 0 heterocycles. The maximum Gasteiger partial charge on any atom is 0.255 e. The molecule has 0 saturated carbocycles. The number of rotatable bonds is 8. The Bertz CT molecular complexity index is 745. The van der Waals surface area contributed by atoms with E-state index in [0.29, 0.717) is 34.6 Å². The second-order valence-electron chi connectivity index (χ2n) is 6.37. The van der Waals surface area contributed by atoms with Gasteiger partial charge >= 0.3 is 0 Å². The van der Waals surface area contributed by atoms with Gasteiger partial charge in [0.1, 0.15) is 5.75 Å². The molecule has 2 rings (SSSR count). The molecule has 0 aliphatic carbocycles. The van der Waals surface area contributed by atoms with Crippen LogP contribution in [0, 0.1) is 0 Å². The summed E-state index contributed by atoms with van der Waals surface area (Å²) < 4.78 is 5.23. The van der Waals surface area contributed by atoms with E-state index in [-0.39, 0.29) is 30.7 Å². The molecule has 8 heteroatoms. The summed E-state index contributed by atoms with van der Waals surface area (Å²) in [4.78, 5) is 14.7. The number of hydrogen-bond donors (Lipinski definition) is 2. The molecular weight excluding hydrogens is 421 g/mol. The molecule has 5 nitrogen and oxygen atoms in total. The Balaban J connectivity index is 0.00000364. The van der Waals surface area contributed by atoms with Crippen LogP contribution in [0.15, 0.2) is 42.5 Å². The van der Waals surface area contributed by atoms with E-state index in [2.05, 4.69) is 36.3 Å². The number of benzene rings is 2. The number of amides is 1. The Labute approximate surface area is 184 Å².